The molecule has 2 aromatic carbocycles. The molecule has 0 aliphatic rings. The minimum absolute atomic E-state index is 0.00704. The fourth-order valence-corrected chi connectivity index (χ4v) is 3.90. The normalized spacial score (nSPS) is 12.5. The van der Waals surface area contributed by atoms with Crippen LogP contribution < -0.4 is 5.32 Å². The molecule has 0 aliphatic carbocycles. The first-order valence-electron chi connectivity index (χ1n) is 9.49. The van der Waals surface area contributed by atoms with E-state index in [1.807, 2.05) is 37.3 Å². The lowest BCUT2D eigenvalue weighted by molar-refractivity contribution is -0.115. The number of aromatic nitrogens is 2. The summed E-state index contributed by atoms with van der Waals surface area (Å²) in [5, 5.41) is 3.67. The van der Waals surface area contributed by atoms with Crippen molar-refractivity contribution in [2.45, 2.75) is 51.1 Å². The van der Waals surface area contributed by atoms with Gasteiger partial charge in [0.05, 0.1) is 16.3 Å². The minimum Gasteiger partial charge on any atom is -0.325 e. The van der Waals surface area contributed by atoms with Gasteiger partial charge in [-0.1, -0.05) is 56.8 Å². The van der Waals surface area contributed by atoms with Crippen LogP contribution in [-0.2, 0) is 17.8 Å². The summed E-state index contributed by atoms with van der Waals surface area (Å²) in [5.74, 6) is 0.496. The van der Waals surface area contributed by atoms with Gasteiger partial charge in [-0.05, 0) is 49.1 Å². The number of nitrogens with one attached hydrogen (secondary N) is 1. The molecule has 0 bridgehead atoms. The van der Waals surface area contributed by atoms with Gasteiger partial charge in [-0.15, -0.1) is 0 Å². The summed E-state index contributed by atoms with van der Waals surface area (Å²) >= 11 is 1.51. The predicted molar refractivity (Wildman–Crippen MR) is 114 cm³/mol. The van der Waals surface area contributed by atoms with Gasteiger partial charge in [-0.2, -0.15) is 0 Å². The average molecular weight is 382 g/mol. The maximum atomic E-state index is 12.7. The second kappa shape index (κ2) is 8.61. The Bertz CT molecular complexity index is 915. The molecule has 0 spiro atoms. The number of carbonyl (C=O) groups excluding carboxylic acids is 1. The summed E-state index contributed by atoms with van der Waals surface area (Å²) in [7, 11) is 0. The number of carbonyl (C=O) groups is 1. The van der Waals surface area contributed by atoms with Crippen LogP contribution in [0.15, 0.2) is 53.7 Å². The standard InChI is InChI=1S/C22H27N3OS/c1-5-17-10-12-18(13-11-17)23-21(26)16(4)27-22-24-19-8-6-7-9-20(19)25(22)14-15(2)3/h6-13,15-16H,5,14H2,1-4H3,(H,23,26)/t16-/m0/s1. The molecule has 1 aromatic heterocycles. The van der Waals surface area contributed by atoms with Crippen LogP contribution in [0.5, 0.6) is 0 Å². The monoisotopic (exact) mass is 381 g/mol. The van der Waals surface area contributed by atoms with Crippen molar-refractivity contribution in [3.8, 4) is 0 Å². The minimum atomic E-state index is -0.237. The molecule has 3 aromatic rings. The van der Waals surface area contributed by atoms with E-state index in [9.17, 15) is 4.79 Å². The molecule has 142 valence electrons. The zero-order chi connectivity index (χ0) is 19.4. The molecule has 5 heteroatoms. The first-order chi connectivity index (χ1) is 13.0. The molecule has 0 unspecified atom stereocenters. The molecule has 3 rings (SSSR count). The van der Waals surface area contributed by atoms with E-state index in [1.54, 1.807) is 0 Å². The van der Waals surface area contributed by atoms with Crippen LogP contribution >= 0.6 is 11.8 Å². The van der Waals surface area contributed by atoms with Gasteiger partial charge < -0.3 is 9.88 Å². The van der Waals surface area contributed by atoms with Gasteiger partial charge in [-0.3, -0.25) is 4.79 Å². The maximum Gasteiger partial charge on any atom is 0.237 e. The van der Waals surface area contributed by atoms with Gasteiger partial charge >= 0.3 is 0 Å². The van der Waals surface area contributed by atoms with E-state index < -0.39 is 0 Å². The highest BCUT2D eigenvalue weighted by Gasteiger charge is 2.20. The van der Waals surface area contributed by atoms with Crippen molar-refractivity contribution in [1.29, 1.82) is 0 Å². The third kappa shape index (κ3) is 4.72. The van der Waals surface area contributed by atoms with Crippen LogP contribution in [0.3, 0.4) is 0 Å². The van der Waals surface area contributed by atoms with Crippen molar-refractivity contribution in [2.75, 3.05) is 5.32 Å². The summed E-state index contributed by atoms with van der Waals surface area (Å²) in [6.45, 7) is 9.32. The largest absolute Gasteiger partial charge is 0.325 e. The Morgan fingerprint density at radius 1 is 1.11 bits per heavy atom. The van der Waals surface area contributed by atoms with Gasteiger partial charge in [-0.25, -0.2) is 4.98 Å². The van der Waals surface area contributed by atoms with E-state index in [1.165, 1.54) is 17.3 Å². The van der Waals surface area contributed by atoms with Crippen molar-refractivity contribution >= 4 is 34.4 Å². The van der Waals surface area contributed by atoms with E-state index in [4.69, 9.17) is 4.98 Å². The Morgan fingerprint density at radius 2 is 1.81 bits per heavy atom. The van der Waals surface area contributed by atoms with Gasteiger partial charge in [0.15, 0.2) is 5.16 Å². The predicted octanol–water partition coefficient (Wildman–Crippen LogP) is 5.37. The summed E-state index contributed by atoms with van der Waals surface area (Å²) in [6, 6.07) is 16.2. The zero-order valence-corrected chi connectivity index (χ0v) is 17.2. The van der Waals surface area contributed by atoms with Crippen LogP contribution in [0.4, 0.5) is 5.69 Å². The van der Waals surface area contributed by atoms with E-state index >= 15 is 0 Å². The number of nitrogens with zero attached hydrogens (tertiary/aromatic N) is 2. The number of rotatable bonds is 7. The van der Waals surface area contributed by atoms with Crippen molar-refractivity contribution < 1.29 is 4.79 Å². The molecular formula is C22H27N3OS. The first-order valence-corrected chi connectivity index (χ1v) is 10.4. The van der Waals surface area contributed by atoms with Gasteiger partial charge in [0.25, 0.3) is 0 Å². The molecule has 0 saturated carbocycles. The molecule has 1 heterocycles. The zero-order valence-electron chi connectivity index (χ0n) is 16.4. The van der Waals surface area contributed by atoms with Crippen molar-refractivity contribution in [1.82, 2.24) is 9.55 Å². The lowest BCUT2D eigenvalue weighted by atomic mass is 10.1. The number of aryl methyl sites for hydroxylation is 1. The number of fused-ring (bicyclic) bond motifs is 1. The molecule has 1 atom stereocenters. The van der Waals surface area contributed by atoms with E-state index in [0.717, 1.165) is 34.8 Å². The van der Waals surface area contributed by atoms with Crippen LogP contribution in [0.1, 0.15) is 33.3 Å². The van der Waals surface area contributed by atoms with Crippen LogP contribution in [0, 0.1) is 5.92 Å². The number of anilines is 1. The summed E-state index contributed by atoms with van der Waals surface area (Å²) < 4.78 is 2.23. The maximum absolute atomic E-state index is 12.7. The van der Waals surface area contributed by atoms with Gasteiger partial charge in [0, 0.05) is 12.2 Å². The summed E-state index contributed by atoms with van der Waals surface area (Å²) in [4.78, 5) is 17.4. The van der Waals surface area contributed by atoms with E-state index in [0.29, 0.717) is 5.92 Å². The highest BCUT2D eigenvalue weighted by atomic mass is 32.2. The number of para-hydroxylation sites is 2. The molecule has 27 heavy (non-hydrogen) atoms. The smallest absolute Gasteiger partial charge is 0.237 e. The lowest BCUT2D eigenvalue weighted by Crippen LogP contribution is -2.23. The molecule has 0 fully saturated rings. The Hall–Kier alpha value is -2.27. The molecule has 1 amide bonds. The van der Waals surface area contributed by atoms with Crippen LogP contribution in [-0.4, -0.2) is 20.7 Å². The highest BCUT2D eigenvalue weighted by Crippen LogP contribution is 2.28. The third-order valence-electron chi connectivity index (χ3n) is 4.45. The lowest BCUT2D eigenvalue weighted by Gasteiger charge is -2.15. The molecule has 4 nitrogen and oxygen atoms in total. The fraction of sp³-hybridized carbons (Fsp3) is 0.364. The number of hydrogen-bond acceptors (Lipinski definition) is 3. The first kappa shape index (κ1) is 19.5. The molecule has 0 saturated heterocycles. The fourth-order valence-electron chi connectivity index (χ4n) is 2.96. The molecule has 1 N–H and O–H groups in total. The van der Waals surface area contributed by atoms with E-state index in [2.05, 4.69) is 48.9 Å². The van der Waals surface area contributed by atoms with Gasteiger partial charge in [0.1, 0.15) is 0 Å². The second-order valence-electron chi connectivity index (χ2n) is 7.19. The highest BCUT2D eigenvalue weighted by molar-refractivity contribution is 8.00. The van der Waals surface area contributed by atoms with Crippen molar-refractivity contribution in [3.05, 3.63) is 54.1 Å². The number of benzene rings is 2. The number of imidazole rings is 1. The Labute approximate surface area is 165 Å². The topological polar surface area (TPSA) is 46.9 Å². The number of thioether (sulfide) groups is 1. The number of amides is 1. The quantitative estimate of drug-likeness (QED) is 0.559. The Kier molecular flexibility index (Phi) is 6.22. The summed E-state index contributed by atoms with van der Waals surface area (Å²) in [6.07, 6.45) is 0.993. The van der Waals surface area contributed by atoms with E-state index in [-0.39, 0.29) is 11.2 Å². The van der Waals surface area contributed by atoms with Crippen molar-refractivity contribution in [3.63, 3.8) is 0 Å². The second-order valence-corrected chi connectivity index (χ2v) is 8.50. The Balaban J connectivity index is 1.76. The van der Waals surface area contributed by atoms with Crippen LogP contribution in [0.2, 0.25) is 0 Å². The van der Waals surface area contributed by atoms with Crippen molar-refractivity contribution in [2.24, 2.45) is 5.92 Å². The van der Waals surface area contributed by atoms with Gasteiger partial charge in [0.2, 0.25) is 5.91 Å². The molecular weight excluding hydrogens is 354 g/mol. The summed E-state index contributed by atoms with van der Waals surface area (Å²) in [5.41, 5.74) is 4.19. The Morgan fingerprint density at radius 3 is 2.48 bits per heavy atom. The third-order valence-corrected chi connectivity index (χ3v) is 5.54. The SMILES string of the molecule is CCc1ccc(NC(=O)[C@H](C)Sc2nc3ccccc3n2CC(C)C)cc1. The van der Waals surface area contributed by atoms with Crippen LogP contribution in [0.25, 0.3) is 11.0 Å². The molecule has 0 aliphatic heterocycles. The number of hydrogen-bond donors (Lipinski definition) is 1. The molecule has 0 radical (unpaired) electrons. The average Bonchev–Trinajstić information content (AvgIpc) is 2.99.